The first kappa shape index (κ1) is 23.0. The molecule has 0 amide bonds. The first-order chi connectivity index (χ1) is 14.5. The smallest absolute Gasteiger partial charge is 0.191 e. The Hall–Kier alpha value is -2.67. The van der Waals surface area contributed by atoms with Gasteiger partial charge in [0.2, 0.25) is 0 Å². The van der Waals surface area contributed by atoms with Gasteiger partial charge in [-0.2, -0.15) is 0 Å². The lowest BCUT2D eigenvalue weighted by atomic mass is 9.87. The highest BCUT2D eigenvalue weighted by atomic mass is 32.2. The third kappa shape index (κ3) is 4.66. The van der Waals surface area contributed by atoms with Gasteiger partial charge in [0, 0.05) is 23.4 Å². The van der Waals surface area contributed by atoms with Crippen molar-refractivity contribution in [3.63, 3.8) is 0 Å². The van der Waals surface area contributed by atoms with E-state index in [1.54, 1.807) is 0 Å². The second-order valence-corrected chi connectivity index (χ2v) is 9.71. The summed E-state index contributed by atoms with van der Waals surface area (Å²) in [4.78, 5) is 27.7. The molecule has 3 rings (SSSR count). The van der Waals surface area contributed by atoms with Crippen LogP contribution in [0.15, 0.2) is 29.4 Å². The van der Waals surface area contributed by atoms with Crippen LogP contribution >= 0.6 is 11.8 Å². The fraction of sp³-hybridized carbons (Fsp3) is 0.417. The molecular formula is C24H30N4O2S. The summed E-state index contributed by atoms with van der Waals surface area (Å²) in [6.45, 7) is 14.5. The van der Waals surface area contributed by atoms with Crippen LogP contribution in [0, 0.1) is 13.8 Å². The predicted octanol–water partition coefficient (Wildman–Crippen LogP) is 5.39. The van der Waals surface area contributed by atoms with Gasteiger partial charge >= 0.3 is 0 Å². The molecule has 7 heteroatoms. The van der Waals surface area contributed by atoms with Crippen molar-refractivity contribution in [2.75, 3.05) is 5.75 Å². The summed E-state index contributed by atoms with van der Waals surface area (Å²) >= 11 is 1.36. The van der Waals surface area contributed by atoms with Crippen molar-refractivity contribution < 1.29 is 9.59 Å². The zero-order valence-electron chi connectivity index (χ0n) is 19.3. The molecule has 0 aliphatic carbocycles. The van der Waals surface area contributed by atoms with Crippen molar-refractivity contribution in [1.82, 2.24) is 19.7 Å². The molecule has 0 aliphatic rings. The van der Waals surface area contributed by atoms with E-state index in [9.17, 15) is 9.59 Å². The summed E-state index contributed by atoms with van der Waals surface area (Å²) < 4.78 is 2.03. The number of rotatable bonds is 7. The minimum Gasteiger partial charge on any atom is -0.355 e. The zero-order chi connectivity index (χ0) is 22.9. The van der Waals surface area contributed by atoms with E-state index < -0.39 is 0 Å². The molecule has 6 nitrogen and oxygen atoms in total. The summed E-state index contributed by atoms with van der Waals surface area (Å²) in [6.07, 6.45) is 0. The van der Waals surface area contributed by atoms with Crippen LogP contribution in [-0.2, 0) is 12.0 Å². The summed E-state index contributed by atoms with van der Waals surface area (Å²) in [7, 11) is 0. The molecule has 2 aromatic heterocycles. The number of nitrogens with zero attached hydrogens (tertiary/aromatic N) is 3. The SMILES string of the molecule is CCn1c(SCC(=O)c2[nH]c(C)c(C(C)=O)c2C)nnc1-c1ccc(C(C)(C)C)cc1. The van der Waals surface area contributed by atoms with Crippen molar-refractivity contribution in [3.8, 4) is 11.4 Å². The second kappa shape index (κ2) is 8.83. The Bertz CT molecular complexity index is 1120. The standard InChI is InChI=1S/C24H30N4O2S/c1-8-28-22(17-9-11-18(12-10-17)24(5,6)7)26-27-23(28)31-13-19(30)21-14(2)20(16(4)29)15(3)25-21/h9-12,25H,8,13H2,1-7H3. The molecule has 1 N–H and O–H groups in total. The number of thioether (sulfide) groups is 1. The van der Waals surface area contributed by atoms with Crippen LogP contribution in [0.25, 0.3) is 11.4 Å². The van der Waals surface area contributed by atoms with Crippen LogP contribution < -0.4 is 0 Å². The Morgan fingerprint density at radius 3 is 2.26 bits per heavy atom. The normalized spacial score (nSPS) is 11.7. The Morgan fingerprint density at radius 1 is 1.10 bits per heavy atom. The molecule has 0 atom stereocenters. The van der Waals surface area contributed by atoms with Gasteiger partial charge in [0.05, 0.1) is 11.4 Å². The molecule has 0 fully saturated rings. The lowest BCUT2D eigenvalue weighted by Gasteiger charge is -2.19. The number of aromatic nitrogens is 4. The van der Waals surface area contributed by atoms with Gasteiger partial charge < -0.3 is 9.55 Å². The van der Waals surface area contributed by atoms with Crippen LogP contribution in [0.4, 0.5) is 0 Å². The van der Waals surface area contributed by atoms with Gasteiger partial charge in [0.25, 0.3) is 0 Å². The van der Waals surface area contributed by atoms with Gasteiger partial charge in [-0.15, -0.1) is 10.2 Å². The number of carbonyl (C=O) groups excluding carboxylic acids is 2. The van der Waals surface area contributed by atoms with E-state index in [0.29, 0.717) is 28.5 Å². The summed E-state index contributed by atoms with van der Waals surface area (Å²) in [5.41, 5.74) is 4.91. The van der Waals surface area contributed by atoms with Crippen molar-refractivity contribution in [3.05, 3.63) is 52.3 Å². The van der Waals surface area contributed by atoms with Gasteiger partial charge in [-0.3, -0.25) is 9.59 Å². The Morgan fingerprint density at radius 2 is 1.74 bits per heavy atom. The van der Waals surface area contributed by atoms with Crippen LogP contribution in [0.2, 0.25) is 0 Å². The fourth-order valence-electron chi connectivity index (χ4n) is 3.77. The van der Waals surface area contributed by atoms with Crippen molar-refractivity contribution >= 4 is 23.3 Å². The number of aromatic amines is 1. The molecule has 3 aromatic rings. The molecule has 0 spiro atoms. The predicted molar refractivity (Wildman–Crippen MR) is 125 cm³/mol. The maximum atomic E-state index is 12.8. The maximum absolute atomic E-state index is 12.8. The average Bonchev–Trinajstić information content (AvgIpc) is 3.25. The number of hydrogen-bond acceptors (Lipinski definition) is 5. The van der Waals surface area contributed by atoms with E-state index >= 15 is 0 Å². The molecule has 2 heterocycles. The monoisotopic (exact) mass is 438 g/mol. The lowest BCUT2D eigenvalue weighted by Crippen LogP contribution is -2.10. The van der Waals surface area contributed by atoms with Gasteiger partial charge in [-0.25, -0.2) is 0 Å². The Kier molecular flexibility index (Phi) is 6.55. The van der Waals surface area contributed by atoms with E-state index in [1.165, 1.54) is 24.2 Å². The third-order valence-electron chi connectivity index (χ3n) is 5.44. The van der Waals surface area contributed by atoms with Gasteiger partial charge in [0.1, 0.15) is 0 Å². The van der Waals surface area contributed by atoms with Gasteiger partial charge in [0.15, 0.2) is 22.5 Å². The third-order valence-corrected chi connectivity index (χ3v) is 6.41. The number of carbonyl (C=O) groups is 2. The quantitative estimate of drug-likeness (QED) is 0.395. The maximum Gasteiger partial charge on any atom is 0.191 e. The number of aryl methyl sites for hydroxylation is 1. The number of ketones is 2. The number of benzene rings is 1. The molecule has 1 aromatic carbocycles. The number of nitrogens with one attached hydrogen (secondary N) is 1. The van der Waals surface area contributed by atoms with Crippen LogP contribution in [0.1, 0.15) is 72.3 Å². The van der Waals surface area contributed by atoms with Gasteiger partial charge in [-0.1, -0.05) is 56.8 Å². The fourth-order valence-corrected chi connectivity index (χ4v) is 4.65. The van der Waals surface area contributed by atoms with E-state index in [1.807, 2.05) is 25.3 Å². The van der Waals surface area contributed by atoms with E-state index in [-0.39, 0.29) is 22.7 Å². The van der Waals surface area contributed by atoms with Crippen molar-refractivity contribution in [1.29, 1.82) is 0 Å². The van der Waals surface area contributed by atoms with Crippen molar-refractivity contribution in [2.45, 2.75) is 65.6 Å². The van der Waals surface area contributed by atoms with E-state index in [0.717, 1.165) is 17.1 Å². The largest absolute Gasteiger partial charge is 0.355 e. The minimum absolute atomic E-state index is 0.0363. The average molecular weight is 439 g/mol. The second-order valence-electron chi connectivity index (χ2n) is 8.77. The molecule has 0 bridgehead atoms. The highest BCUT2D eigenvalue weighted by molar-refractivity contribution is 7.99. The van der Waals surface area contributed by atoms with Gasteiger partial charge in [-0.05, 0) is 44.2 Å². The first-order valence-corrected chi connectivity index (χ1v) is 11.4. The molecule has 31 heavy (non-hydrogen) atoms. The summed E-state index contributed by atoms with van der Waals surface area (Å²) in [6, 6.07) is 8.40. The molecular weight excluding hydrogens is 408 g/mol. The summed E-state index contributed by atoms with van der Waals surface area (Å²) in [5.74, 6) is 0.925. The van der Waals surface area contributed by atoms with Crippen LogP contribution in [-0.4, -0.2) is 37.1 Å². The molecule has 0 aliphatic heterocycles. The summed E-state index contributed by atoms with van der Waals surface area (Å²) in [5, 5.41) is 9.43. The lowest BCUT2D eigenvalue weighted by molar-refractivity contribution is 0.101. The number of H-pyrrole nitrogens is 1. The molecule has 164 valence electrons. The minimum atomic E-state index is -0.0557. The van der Waals surface area contributed by atoms with E-state index in [2.05, 4.69) is 60.2 Å². The van der Waals surface area contributed by atoms with Crippen LogP contribution in [0.5, 0.6) is 0 Å². The van der Waals surface area contributed by atoms with Crippen molar-refractivity contribution in [2.24, 2.45) is 0 Å². The molecule has 0 unspecified atom stereocenters. The molecule has 0 saturated carbocycles. The van der Waals surface area contributed by atoms with Crippen LogP contribution in [0.3, 0.4) is 0 Å². The molecule has 0 radical (unpaired) electrons. The first-order valence-electron chi connectivity index (χ1n) is 10.4. The Balaban J connectivity index is 1.80. The molecule has 0 saturated heterocycles. The highest BCUT2D eigenvalue weighted by Crippen LogP contribution is 2.28. The topological polar surface area (TPSA) is 80.6 Å². The number of Topliss-reactive ketones (excluding diaryl/α,β-unsaturated/α-hetero) is 2. The zero-order valence-corrected chi connectivity index (χ0v) is 20.1. The highest BCUT2D eigenvalue weighted by Gasteiger charge is 2.21. The number of hydrogen-bond donors (Lipinski definition) is 1. The Labute approximate surface area is 187 Å². The van der Waals surface area contributed by atoms with E-state index in [4.69, 9.17) is 0 Å².